The normalized spacial score (nSPS) is 27.2. The zero-order chi connectivity index (χ0) is 89.9. The van der Waals surface area contributed by atoms with Crippen molar-refractivity contribution >= 4 is 35.4 Å². The second kappa shape index (κ2) is 66.7. The average molecular weight is 1780 g/mol. The van der Waals surface area contributed by atoms with Crippen LogP contribution in [-0.2, 0) is 134 Å². The van der Waals surface area contributed by atoms with Gasteiger partial charge in [0.15, 0.2) is 25.2 Å². The van der Waals surface area contributed by atoms with Gasteiger partial charge in [-0.05, 0) is 7.05 Å². The van der Waals surface area contributed by atoms with Gasteiger partial charge in [0.05, 0.1) is 228 Å². The molecule has 4 fully saturated rings. The summed E-state index contributed by atoms with van der Waals surface area (Å²) in [4.78, 5) is 95.0. The number of nitrogens with one attached hydrogen (secondary N) is 7. The second-order valence-electron chi connectivity index (χ2n) is 28.2. The molecule has 712 valence electrons. The third kappa shape index (κ3) is 42.0. The van der Waals surface area contributed by atoms with Crippen LogP contribution >= 0.6 is 0 Å². The van der Waals surface area contributed by atoms with Gasteiger partial charge in [-0.2, -0.15) is 0 Å². The van der Waals surface area contributed by atoms with Gasteiger partial charge in [0.2, 0.25) is 35.4 Å². The zero-order valence-corrected chi connectivity index (χ0v) is 69.6. The maximum atomic E-state index is 13.3. The highest BCUT2D eigenvalue weighted by Crippen LogP contribution is 2.33. The smallest absolute Gasteiger partial charge is 0.222 e. The van der Waals surface area contributed by atoms with Crippen molar-refractivity contribution in [2.45, 2.75) is 155 Å². The number of ether oxygens (including phenoxy) is 18. The lowest BCUT2D eigenvalue weighted by Gasteiger charge is -2.41. The molecule has 6 amide bonds. The first kappa shape index (κ1) is 110. The van der Waals surface area contributed by atoms with Crippen LogP contribution in [-0.4, -0.2) is 432 Å². The van der Waals surface area contributed by atoms with E-state index >= 15 is 0 Å². The highest BCUT2D eigenvalue weighted by Gasteiger charge is 2.49. The number of aliphatic hydroxyl groups is 8. The third-order valence-electron chi connectivity index (χ3n) is 19.4. The Hall–Kier alpha value is -5.62. The van der Waals surface area contributed by atoms with E-state index in [-0.39, 0.29) is 253 Å². The summed E-state index contributed by atoms with van der Waals surface area (Å²) in [6.07, 6.45) is -13.5. The molecule has 20 atom stereocenters. The quantitative estimate of drug-likeness (QED) is 0.0117. The van der Waals surface area contributed by atoms with Crippen molar-refractivity contribution in [3.05, 3.63) is 50.6 Å². The zero-order valence-electron chi connectivity index (χ0n) is 69.6. The third-order valence-corrected chi connectivity index (χ3v) is 19.4. The molecule has 20 unspecified atom stereocenters. The second-order valence-corrected chi connectivity index (χ2v) is 28.2. The van der Waals surface area contributed by atoms with Crippen molar-refractivity contribution in [2.75, 3.05) is 218 Å². The van der Waals surface area contributed by atoms with Gasteiger partial charge in [-0.15, -0.1) is 26.3 Å². The fourth-order valence-electron chi connectivity index (χ4n) is 12.8. The molecular weight excluding hydrogens is 1650 g/mol. The fourth-order valence-corrected chi connectivity index (χ4v) is 12.8. The maximum absolute atomic E-state index is 13.3. The molecule has 0 aliphatic carbocycles. The van der Waals surface area contributed by atoms with Crippen molar-refractivity contribution in [1.29, 1.82) is 0 Å². The van der Waals surface area contributed by atoms with Gasteiger partial charge in [-0.25, -0.2) is 19.6 Å². The van der Waals surface area contributed by atoms with Crippen LogP contribution < -0.4 is 37.2 Å². The van der Waals surface area contributed by atoms with Crippen molar-refractivity contribution in [3.8, 4) is 0 Å². The Morgan fingerprint density at radius 1 is 0.309 bits per heavy atom. The lowest BCUT2D eigenvalue weighted by atomic mass is 9.89. The Morgan fingerprint density at radius 3 is 0.715 bits per heavy atom. The summed E-state index contributed by atoms with van der Waals surface area (Å²) >= 11 is 0. The summed E-state index contributed by atoms with van der Waals surface area (Å²) in [5, 5.41) is 138. The van der Waals surface area contributed by atoms with E-state index in [9.17, 15) is 90.6 Å². The minimum atomic E-state index is -1.40. The van der Waals surface area contributed by atoms with Crippen molar-refractivity contribution < 1.29 is 195 Å². The van der Waals surface area contributed by atoms with Gasteiger partial charge in [-0.3, -0.25) is 49.8 Å². The summed E-state index contributed by atoms with van der Waals surface area (Å²) in [5.41, 5.74) is 0. The monoisotopic (exact) mass is 1780 g/mol. The average Bonchev–Trinajstić information content (AvgIpc) is 0.824. The Kier molecular flexibility index (Phi) is 59.5. The lowest BCUT2D eigenvalue weighted by molar-refractivity contribution is -0.365. The van der Waals surface area contributed by atoms with Gasteiger partial charge in [0.25, 0.3) is 0 Å². The summed E-state index contributed by atoms with van der Waals surface area (Å²) < 4.78 is 101. The number of likely N-dealkylation sites (N-methyl/N-ethyl adjacent to an activating group) is 1. The van der Waals surface area contributed by atoms with Crippen LogP contribution in [0, 0.1) is 23.7 Å². The standard InChI is InChI=1S/C76H133N7O40/c1-6-51-55(38-84)116-73(65(94)69(51)120-98)112-34-30-102-26-16-78-59(88)10-20-108-44-49(45-109-21-11-60(89)79-17-27-103-31-35-113-74-66(95)70(121-99)52(7-2)56(39-85)117-74)82-63(92)14-24-106-42-48(77-5)43-107-25-15-64(93)83-50(46-110-22-12-61(90)80-18-28-104-32-36-114-75-67(96)71(122-100)53(8-3)57(40-86)118-75)47-111-23-13-62(91)81-19-29-105-33-37-115-76-68(97)72(123-101)54(9-4)58(41-87)119-76/h6-9,48-58,65-77,84-87,94-101H,1-4,10-47H2,5H3,(H,78,88)(H,79,89)(H,80,90)(H,81,91)(H,82,92)(H,83,93). The van der Waals surface area contributed by atoms with Crippen LogP contribution in [0.4, 0.5) is 0 Å². The van der Waals surface area contributed by atoms with Gasteiger partial charge in [0.1, 0.15) is 48.8 Å². The molecule has 47 nitrogen and oxygen atoms in total. The van der Waals surface area contributed by atoms with Crippen LogP contribution in [0.25, 0.3) is 0 Å². The highest BCUT2D eigenvalue weighted by atomic mass is 17.1. The van der Waals surface area contributed by atoms with Crippen molar-refractivity contribution in [2.24, 2.45) is 23.7 Å². The molecule has 0 saturated carbocycles. The minimum Gasteiger partial charge on any atom is -0.394 e. The van der Waals surface area contributed by atoms with E-state index in [1.807, 2.05) is 0 Å². The molecule has 47 heteroatoms. The van der Waals surface area contributed by atoms with E-state index in [0.717, 1.165) is 0 Å². The van der Waals surface area contributed by atoms with Crippen LogP contribution in [0.15, 0.2) is 50.6 Å². The predicted molar refractivity (Wildman–Crippen MR) is 420 cm³/mol. The Labute approximate surface area is 713 Å². The molecule has 0 spiro atoms. The first-order valence-electron chi connectivity index (χ1n) is 40.7. The minimum absolute atomic E-state index is 0.0306. The van der Waals surface area contributed by atoms with Crippen LogP contribution in [0.5, 0.6) is 0 Å². The predicted octanol–water partition coefficient (Wildman–Crippen LogP) is -6.46. The molecule has 4 aliphatic heterocycles. The van der Waals surface area contributed by atoms with E-state index in [4.69, 9.17) is 85.3 Å². The summed E-state index contributed by atoms with van der Waals surface area (Å²) in [6.45, 7) is 13.0. The van der Waals surface area contributed by atoms with Gasteiger partial charge < -0.3 is 163 Å². The fraction of sp³-hybridized carbons (Fsp3) is 0.816. The molecule has 4 heterocycles. The molecule has 19 N–H and O–H groups in total. The summed E-state index contributed by atoms with van der Waals surface area (Å²) in [5.74, 6) is -5.20. The van der Waals surface area contributed by atoms with Crippen LogP contribution in [0.1, 0.15) is 38.5 Å². The first-order chi connectivity index (χ1) is 59.7. The van der Waals surface area contributed by atoms with Gasteiger partial charge in [0, 0.05) is 88.4 Å². The van der Waals surface area contributed by atoms with Gasteiger partial charge in [-0.1, -0.05) is 24.3 Å². The van der Waals surface area contributed by atoms with Crippen LogP contribution in [0.3, 0.4) is 0 Å². The number of aliphatic hydroxyl groups excluding tert-OH is 8. The summed E-state index contributed by atoms with van der Waals surface area (Å²) in [6, 6.07) is -1.88. The largest absolute Gasteiger partial charge is 0.394 e. The van der Waals surface area contributed by atoms with Gasteiger partial charge >= 0.3 is 0 Å². The molecule has 0 aromatic carbocycles. The lowest BCUT2D eigenvalue weighted by Crippen LogP contribution is -2.56. The molecule has 0 aromatic heterocycles. The maximum Gasteiger partial charge on any atom is 0.222 e. The Bertz CT molecular complexity index is 2550. The Morgan fingerprint density at radius 2 is 0.520 bits per heavy atom. The SMILES string of the molecule is C=CC1C(CO)OC(OCCOCCNC(=O)CCOCC(COCCC(=O)NCCOCCOC2OC(CO)C(C=C)C(OO)C2O)NC(=O)CCOCC(COCCC(=O)NC(COCCC(=O)NCCOCCOC2OC(CO)C(C=C)C(OO)C2O)COCCC(=O)NCCOCCOC2OC(CO)C(C=C)C(OO)C2O)NC)C(O)C1OO. The molecule has 123 heavy (non-hydrogen) atoms. The highest BCUT2D eigenvalue weighted by molar-refractivity contribution is 5.78. The first-order valence-corrected chi connectivity index (χ1v) is 40.7. The molecule has 4 saturated heterocycles. The molecular formula is C76H133N7O40. The van der Waals surface area contributed by atoms with E-state index in [1.165, 1.54) is 24.3 Å². The number of carbonyl (C=O) groups is 6. The number of hydrogen-bond acceptors (Lipinski definition) is 41. The number of rotatable bonds is 73. The Balaban J connectivity index is 1.19. The molecule has 4 aliphatic rings. The molecule has 0 radical (unpaired) electrons. The number of amides is 6. The van der Waals surface area contributed by atoms with E-state index in [1.54, 1.807) is 7.05 Å². The molecule has 0 bridgehead atoms. The number of carbonyl (C=O) groups excluding carboxylic acids is 6. The van der Waals surface area contributed by atoms with E-state index in [2.05, 4.69) is 83.1 Å². The van der Waals surface area contributed by atoms with E-state index in [0.29, 0.717) is 0 Å². The number of hydrogen-bond donors (Lipinski definition) is 19. The van der Waals surface area contributed by atoms with Crippen LogP contribution in [0.2, 0.25) is 0 Å². The van der Waals surface area contributed by atoms with Crippen molar-refractivity contribution in [1.82, 2.24) is 37.2 Å². The molecule has 0 aromatic rings. The van der Waals surface area contributed by atoms with E-state index < -0.39 is 172 Å². The van der Waals surface area contributed by atoms with Crippen molar-refractivity contribution in [3.63, 3.8) is 0 Å². The molecule has 4 rings (SSSR count). The summed E-state index contributed by atoms with van der Waals surface area (Å²) in [7, 11) is 1.67. The topological polar surface area (TPSA) is 632 Å².